The van der Waals surface area contributed by atoms with Crippen molar-refractivity contribution in [1.29, 1.82) is 0 Å². The molecule has 1 aromatic rings. The monoisotopic (exact) mass is 223 g/mol. The molecule has 5 nitrogen and oxygen atoms in total. The molecule has 5 heteroatoms. The lowest BCUT2D eigenvalue weighted by molar-refractivity contribution is 0.0680. The van der Waals surface area contributed by atoms with Crippen molar-refractivity contribution in [2.24, 2.45) is 0 Å². The van der Waals surface area contributed by atoms with E-state index in [9.17, 15) is 9.59 Å². The Hall–Kier alpha value is -2.04. The van der Waals surface area contributed by atoms with E-state index < -0.39 is 11.9 Å². The van der Waals surface area contributed by atoms with Crippen LogP contribution in [-0.2, 0) is 0 Å². The third-order valence-electron chi connectivity index (χ3n) is 2.79. The zero-order valence-corrected chi connectivity index (χ0v) is 9.29. The zero-order chi connectivity index (χ0) is 12.6. The van der Waals surface area contributed by atoms with E-state index in [2.05, 4.69) is 0 Å². The molecule has 0 saturated carbocycles. The van der Waals surface area contributed by atoms with Crippen LogP contribution in [0.1, 0.15) is 37.4 Å². The fraction of sp³-hybridized carbons (Fsp3) is 0.273. The average molecular weight is 223 g/mol. The summed E-state index contributed by atoms with van der Waals surface area (Å²) in [7, 11) is 0. The molecule has 0 unspecified atom stereocenters. The molecule has 16 heavy (non-hydrogen) atoms. The molecule has 0 aliphatic carbocycles. The number of rotatable bonds is 2. The Morgan fingerprint density at radius 1 is 0.875 bits per heavy atom. The highest BCUT2D eigenvalue weighted by molar-refractivity contribution is 6.01. The van der Waals surface area contributed by atoms with Crippen LogP contribution >= 0.6 is 0 Å². The fourth-order valence-corrected chi connectivity index (χ4v) is 1.78. The number of carboxylic acids is 2. The molecule has 0 aromatic heterocycles. The van der Waals surface area contributed by atoms with Gasteiger partial charge in [-0.25, -0.2) is 9.59 Å². The first-order chi connectivity index (χ1) is 7.29. The molecule has 4 N–H and O–H groups in total. The maximum Gasteiger partial charge on any atom is 0.338 e. The van der Waals surface area contributed by atoms with Gasteiger partial charge in [0, 0.05) is 0 Å². The third kappa shape index (κ3) is 1.60. The number of carbonyl (C=O) groups is 2. The summed E-state index contributed by atoms with van der Waals surface area (Å²) in [5.41, 5.74) is 6.88. The summed E-state index contributed by atoms with van der Waals surface area (Å²) in [6.07, 6.45) is 0. The number of carboxylic acid groups (broad SMARTS) is 2. The van der Waals surface area contributed by atoms with Crippen molar-refractivity contribution >= 4 is 17.6 Å². The van der Waals surface area contributed by atoms with E-state index in [0.717, 1.165) is 0 Å². The lowest BCUT2D eigenvalue weighted by Gasteiger charge is -2.15. The van der Waals surface area contributed by atoms with Gasteiger partial charge in [0.1, 0.15) is 0 Å². The molecule has 0 atom stereocenters. The number of hydrogen-bond donors (Lipinski definition) is 3. The van der Waals surface area contributed by atoms with Gasteiger partial charge in [-0.1, -0.05) is 0 Å². The van der Waals surface area contributed by atoms with Gasteiger partial charge in [0.2, 0.25) is 0 Å². The summed E-state index contributed by atoms with van der Waals surface area (Å²) in [6.45, 7) is 4.65. The van der Waals surface area contributed by atoms with Crippen LogP contribution in [0.4, 0.5) is 5.69 Å². The molecule has 0 spiro atoms. The molecule has 1 rings (SSSR count). The van der Waals surface area contributed by atoms with Crippen LogP contribution in [0.3, 0.4) is 0 Å². The lowest BCUT2D eigenvalue weighted by atomic mass is 9.91. The van der Waals surface area contributed by atoms with E-state index in [4.69, 9.17) is 15.9 Å². The van der Waals surface area contributed by atoms with Gasteiger partial charge in [-0.3, -0.25) is 0 Å². The normalized spacial score (nSPS) is 10.2. The van der Waals surface area contributed by atoms with Crippen molar-refractivity contribution in [3.63, 3.8) is 0 Å². The van der Waals surface area contributed by atoms with Crippen LogP contribution < -0.4 is 5.73 Å². The molecule has 0 amide bonds. The summed E-state index contributed by atoms with van der Waals surface area (Å²) in [4.78, 5) is 22.0. The van der Waals surface area contributed by atoms with Gasteiger partial charge < -0.3 is 15.9 Å². The number of nitrogens with two attached hydrogens (primary N) is 1. The van der Waals surface area contributed by atoms with E-state index in [-0.39, 0.29) is 16.8 Å². The molecule has 86 valence electrons. The minimum Gasteiger partial charge on any atom is -0.478 e. The van der Waals surface area contributed by atoms with Crippen LogP contribution in [0.2, 0.25) is 0 Å². The largest absolute Gasteiger partial charge is 0.478 e. The Morgan fingerprint density at radius 2 is 1.25 bits per heavy atom. The van der Waals surface area contributed by atoms with Crippen LogP contribution in [0.15, 0.2) is 0 Å². The molecular weight excluding hydrogens is 210 g/mol. The first kappa shape index (κ1) is 12.0. The van der Waals surface area contributed by atoms with E-state index in [1.807, 2.05) is 0 Å². The summed E-state index contributed by atoms with van der Waals surface area (Å²) in [6, 6.07) is 0. The van der Waals surface area contributed by atoms with Gasteiger partial charge in [-0.15, -0.1) is 0 Å². The standard InChI is InChI=1S/C11H13NO4/c1-4-5(2)8(11(15)16)9(12)6(3)7(4)10(13)14/h12H2,1-3H3,(H,13,14)(H,15,16). The zero-order valence-electron chi connectivity index (χ0n) is 9.29. The van der Waals surface area contributed by atoms with Crippen molar-refractivity contribution in [3.8, 4) is 0 Å². The summed E-state index contributed by atoms with van der Waals surface area (Å²) < 4.78 is 0. The van der Waals surface area contributed by atoms with Gasteiger partial charge in [0.05, 0.1) is 16.8 Å². The molecular formula is C11H13NO4. The Labute approximate surface area is 92.5 Å². The Bertz CT molecular complexity index is 417. The van der Waals surface area contributed by atoms with Gasteiger partial charge in [-0.05, 0) is 37.5 Å². The molecule has 0 saturated heterocycles. The smallest absolute Gasteiger partial charge is 0.338 e. The molecule has 0 aliphatic rings. The highest BCUT2D eigenvalue weighted by Crippen LogP contribution is 2.29. The van der Waals surface area contributed by atoms with Crippen molar-refractivity contribution in [1.82, 2.24) is 0 Å². The molecule has 0 radical (unpaired) electrons. The highest BCUT2D eigenvalue weighted by atomic mass is 16.4. The van der Waals surface area contributed by atoms with Crippen molar-refractivity contribution < 1.29 is 19.8 Å². The maximum atomic E-state index is 11.0. The minimum absolute atomic E-state index is 0.0139. The second-order valence-corrected chi connectivity index (χ2v) is 3.65. The molecule has 0 aliphatic heterocycles. The highest BCUT2D eigenvalue weighted by Gasteiger charge is 2.22. The molecule has 0 bridgehead atoms. The summed E-state index contributed by atoms with van der Waals surface area (Å²) >= 11 is 0. The average Bonchev–Trinajstić information content (AvgIpc) is 2.14. The van der Waals surface area contributed by atoms with E-state index in [1.165, 1.54) is 6.92 Å². The Morgan fingerprint density at radius 3 is 1.62 bits per heavy atom. The van der Waals surface area contributed by atoms with Gasteiger partial charge in [-0.2, -0.15) is 0 Å². The van der Waals surface area contributed by atoms with Gasteiger partial charge in [0.25, 0.3) is 0 Å². The van der Waals surface area contributed by atoms with Crippen LogP contribution in [0.5, 0.6) is 0 Å². The first-order valence-corrected chi connectivity index (χ1v) is 4.64. The number of hydrogen-bond acceptors (Lipinski definition) is 3. The lowest BCUT2D eigenvalue weighted by Crippen LogP contribution is -2.14. The molecule has 0 heterocycles. The number of aromatic carboxylic acids is 2. The second-order valence-electron chi connectivity index (χ2n) is 3.65. The molecule has 1 aromatic carbocycles. The van der Waals surface area contributed by atoms with E-state index >= 15 is 0 Å². The SMILES string of the molecule is Cc1c(C)c(C(=O)O)c(N)c(C)c1C(=O)O. The first-order valence-electron chi connectivity index (χ1n) is 4.64. The number of anilines is 1. The van der Waals surface area contributed by atoms with Crippen molar-refractivity contribution in [2.45, 2.75) is 20.8 Å². The fourth-order valence-electron chi connectivity index (χ4n) is 1.78. The van der Waals surface area contributed by atoms with Crippen molar-refractivity contribution in [2.75, 3.05) is 5.73 Å². The van der Waals surface area contributed by atoms with Crippen LogP contribution in [0, 0.1) is 20.8 Å². The van der Waals surface area contributed by atoms with Gasteiger partial charge in [0.15, 0.2) is 0 Å². The van der Waals surface area contributed by atoms with Crippen LogP contribution in [-0.4, -0.2) is 22.2 Å². The summed E-state index contributed by atoms with van der Waals surface area (Å²) in [5.74, 6) is -2.24. The Kier molecular flexibility index (Phi) is 2.89. The third-order valence-corrected chi connectivity index (χ3v) is 2.79. The molecule has 0 fully saturated rings. The number of nitrogen functional groups attached to an aromatic ring is 1. The van der Waals surface area contributed by atoms with Crippen LogP contribution in [0.25, 0.3) is 0 Å². The number of benzene rings is 1. The second kappa shape index (κ2) is 3.84. The topological polar surface area (TPSA) is 101 Å². The predicted molar refractivity (Wildman–Crippen MR) is 59.0 cm³/mol. The quantitative estimate of drug-likeness (QED) is 0.661. The van der Waals surface area contributed by atoms with E-state index in [0.29, 0.717) is 16.7 Å². The van der Waals surface area contributed by atoms with Crippen molar-refractivity contribution in [3.05, 3.63) is 27.8 Å². The van der Waals surface area contributed by atoms with Gasteiger partial charge >= 0.3 is 11.9 Å². The summed E-state index contributed by atoms with van der Waals surface area (Å²) in [5, 5.41) is 18.0. The van der Waals surface area contributed by atoms with E-state index in [1.54, 1.807) is 13.8 Å². The minimum atomic E-state index is -1.14. The maximum absolute atomic E-state index is 11.0. The Balaban J connectivity index is 3.77. The predicted octanol–water partition coefficient (Wildman–Crippen LogP) is 1.59.